The lowest BCUT2D eigenvalue weighted by atomic mass is 9.89. The number of nitro groups is 1. The quantitative estimate of drug-likeness (QED) is 0.516. The van der Waals surface area contributed by atoms with E-state index in [0.717, 1.165) is 25.0 Å². The average molecular weight is 375 g/mol. The van der Waals surface area contributed by atoms with E-state index in [-0.39, 0.29) is 5.69 Å². The largest absolute Gasteiger partial charge is 0.455 e. The number of nitrogens with zero attached hydrogens (tertiary/aromatic N) is 2. The van der Waals surface area contributed by atoms with Gasteiger partial charge in [-0.25, -0.2) is 0 Å². The van der Waals surface area contributed by atoms with Crippen molar-refractivity contribution in [1.82, 2.24) is 0 Å². The molecule has 1 aliphatic carbocycles. The second-order valence-corrected chi connectivity index (χ2v) is 7.36. The Labute approximate surface area is 158 Å². The van der Waals surface area contributed by atoms with Crippen molar-refractivity contribution in [3.8, 4) is 11.5 Å². The molecule has 6 heteroatoms. The van der Waals surface area contributed by atoms with Crippen LogP contribution in [0.25, 0.3) is 0 Å². The zero-order valence-electron chi connectivity index (χ0n) is 15.6. The maximum atomic E-state index is 11.2. The van der Waals surface area contributed by atoms with Crippen molar-refractivity contribution in [3.05, 3.63) is 55.6 Å². The second kappa shape index (κ2) is 7.16. The number of fused-ring (bicyclic) bond motifs is 1. The van der Waals surface area contributed by atoms with Gasteiger partial charge in [-0.15, -0.1) is 0 Å². The molecule has 0 spiro atoms. The van der Waals surface area contributed by atoms with Crippen LogP contribution in [-0.2, 0) is 12.8 Å². The van der Waals surface area contributed by atoms with Crippen LogP contribution >= 0.6 is 11.6 Å². The molecule has 2 aromatic carbocycles. The number of ether oxygens (including phenoxy) is 1. The van der Waals surface area contributed by atoms with Gasteiger partial charge in [0.25, 0.3) is 5.69 Å². The van der Waals surface area contributed by atoms with E-state index >= 15 is 0 Å². The first kappa shape index (κ1) is 18.5. The number of benzene rings is 2. The van der Waals surface area contributed by atoms with Crippen LogP contribution in [0.3, 0.4) is 0 Å². The molecule has 0 saturated carbocycles. The molecule has 0 amide bonds. The van der Waals surface area contributed by atoms with Crippen LogP contribution in [0.5, 0.6) is 11.5 Å². The summed E-state index contributed by atoms with van der Waals surface area (Å²) in [6, 6.07) is 5.57. The Bertz CT molecular complexity index is 878. The number of aryl methyl sites for hydroxylation is 1. The van der Waals surface area contributed by atoms with E-state index < -0.39 is 4.92 Å². The van der Waals surface area contributed by atoms with Gasteiger partial charge >= 0.3 is 0 Å². The lowest BCUT2D eigenvalue weighted by molar-refractivity contribution is -0.385. The van der Waals surface area contributed by atoms with Gasteiger partial charge in [-0.3, -0.25) is 10.1 Å². The summed E-state index contributed by atoms with van der Waals surface area (Å²) >= 11 is 6.42. The number of halogens is 1. The predicted octanol–water partition coefficient (Wildman–Crippen LogP) is 5.60. The summed E-state index contributed by atoms with van der Waals surface area (Å²) in [4.78, 5) is 12.9. The molecule has 0 unspecified atom stereocenters. The second-order valence-electron chi connectivity index (χ2n) is 6.98. The minimum atomic E-state index is -0.411. The van der Waals surface area contributed by atoms with Gasteiger partial charge in [0.2, 0.25) is 0 Å². The highest BCUT2D eigenvalue weighted by Gasteiger charge is 2.23. The number of anilines is 1. The highest BCUT2D eigenvalue weighted by atomic mass is 35.5. The van der Waals surface area contributed by atoms with E-state index in [1.807, 2.05) is 20.2 Å². The maximum Gasteiger partial charge on any atom is 0.274 e. The summed E-state index contributed by atoms with van der Waals surface area (Å²) in [6.45, 7) is 3.44. The van der Waals surface area contributed by atoms with E-state index in [4.69, 9.17) is 16.3 Å². The lowest BCUT2D eigenvalue weighted by Crippen LogP contribution is -2.15. The summed E-state index contributed by atoms with van der Waals surface area (Å²) in [5.74, 6) is 1.30. The van der Waals surface area contributed by atoms with E-state index in [0.29, 0.717) is 21.9 Å². The zero-order chi connectivity index (χ0) is 19.0. The smallest absolute Gasteiger partial charge is 0.274 e. The predicted molar refractivity (Wildman–Crippen MR) is 105 cm³/mol. The van der Waals surface area contributed by atoms with Gasteiger partial charge in [-0.2, -0.15) is 0 Å². The normalized spacial score (nSPS) is 13.3. The van der Waals surface area contributed by atoms with Crippen molar-refractivity contribution < 1.29 is 9.66 Å². The zero-order valence-corrected chi connectivity index (χ0v) is 16.3. The number of nitro benzene ring substituents is 1. The van der Waals surface area contributed by atoms with Crippen LogP contribution in [0.4, 0.5) is 11.4 Å². The molecule has 0 N–H and O–H groups in total. The molecule has 0 atom stereocenters. The third-order valence-electron chi connectivity index (χ3n) is 4.98. The molecule has 3 rings (SSSR count). The molecule has 2 aromatic rings. The Hall–Kier alpha value is -2.27. The van der Waals surface area contributed by atoms with Gasteiger partial charge in [-0.1, -0.05) is 11.6 Å². The molecule has 0 fully saturated rings. The number of hydrogen-bond donors (Lipinski definition) is 0. The van der Waals surface area contributed by atoms with E-state index in [9.17, 15) is 10.1 Å². The van der Waals surface area contributed by atoms with Gasteiger partial charge in [0.05, 0.1) is 9.95 Å². The molecular weight excluding hydrogens is 352 g/mol. The third-order valence-corrected chi connectivity index (χ3v) is 5.44. The molecule has 5 nitrogen and oxygen atoms in total. The van der Waals surface area contributed by atoms with Crippen molar-refractivity contribution in [2.75, 3.05) is 19.0 Å². The van der Waals surface area contributed by atoms with Gasteiger partial charge in [0.15, 0.2) is 0 Å². The van der Waals surface area contributed by atoms with Crippen LogP contribution in [0, 0.1) is 24.0 Å². The SMILES string of the molecule is Cc1cc([N+](=O)[O-])c(C)c(Cl)c1Oc1ccc(N(C)C)c2c1CCCC2. The van der Waals surface area contributed by atoms with Gasteiger partial charge in [0.1, 0.15) is 11.5 Å². The first-order valence-corrected chi connectivity index (χ1v) is 9.13. The molecule has 0 saturated heterocycles. The van der Waals surface area contributed by atoms with Crippen molar-refractivity contribution in [3.63, 3.8) is 0 Å². The summed E-state index contributed by atoms with van der Waals surface area (Å²) in [6.07, 6.45) is 4.31. The number of rotatable bonds is 4. The Morgan fingerprint density at radius 2 is 1.81 bits per heavy atom. The topological polar surface area (TPSA) is 55.6 Å². The van der Waals surface area contributed by atoms with E-state index in [1.54, 1.807) is 13.8 Å². The highest BCUT2D eigenvalue weighted by Crippen LogP contribution is 2.43. The molecule has 0 radical (unpaired) electrons. The molecule has 0 bridgehead atoms. The number of hydrogen-bond acceptors (Lipinski definition) is 4. The molecule has 0 heterocycles. The first-order valence-electron chi connectivity index (χ1n) is 8.75. The molecule has 0 aliphatic heterocycles. The third kappa shape index (κ3) is 3.23. The van der Waals surface area contributed by atoms with Crippen molar-refractivity contribution in [2.24, 2.45) is 0 Å². The van der Waals surface area contributed by atoms with Crippen molar-refractivity contribution in [2.45, 2.75) is 39.5 Å². The summed E-state index contributed by atoms with van der Waals surface area (Å²) in [7, 11) is 4.09. The van der Waals surface area contributed by atoms with Crippen LogP contribution in [-0.4, -0.2) is 19.0 Å². The van der Waals surface area contributed by atoms with E-state index in [2.05, 4.69) is 11.0 Å². The molecular formula is C20H23ClN2O3. The molecule has 1 aliphatic rings. The van der Waals surface area contributed by atoms with Gasteiger partial charge in [-0.05, 0) is 57.2 Å². The molecule has 138 valence electrons. The van der Waals surface area contributed by atoms with Gasteiger partial charge < -0.3 is 9.64 Å². The van der Waals surface area contributed by atoms with Crippen LogP contribution in [0.2, 0.25) is 5.02 Å². The average Bonchev–Trinajstić information content (AvgIpc) is 2.61. The monoisotopic (exact) mass is 374 g/mol. The summed E-state index contributed by atoms with van der Waals surface area (Å²) < 4.78 is 6.22. The molecule has 0 aromatic heterocycles. The van der Waals surface area contributed by atoms with Crippen molar-refractivity contribution in [1.29, 1.82) is 0 Å². The molecule has 26 heavy (non-hydrogen) atoms. The standard InChI is InChI=1S/C20H23ClN2O3/c1-12-11-17(23(24)25)13(2)19(21)20(12)26-18-10-9-16(22(3)4)14-7-5-6-8-15(14)18/h9-11H,5-8H2,1-4H3. The summed E-state index contributed by atoms with van der Waals surface area (Å²) in [5, 5.41) is 11.5. The van der Waals surface area contributed by atoms with Crippen LogP contribution < -0.4 is 9.64 Å². The fourth-order valence-corrected chi connectivity index (χ4v) is 3.87. The minimum absolute atomic E-state index is 0.0184. The Balaban J connectivity index is 2.08. The van der Waals surface area contributed by atoms with Crippen LogP contribution in [0.1, 0.15) is 35.1 Å². The fraction of sp³-hybridized carbons (Fsp3) is 0.400. The Morgan fingerprint density at radius 1 is 1.15 bits per heavy atom. The highest BCUT2D eigenvalue weighted by molar-refractivity contribution is 6.33. The Kier molecular flexibility index (Phi) is 5.10. The van der Waals surface area contributed by atoms with Crippen LogP contribution in [0.15, 0.2) is 18.2 Å². The summed E-state index contributed by atoms with van der Waals surface area (Å²) in [5.41, 5.74) is 4.87. The maximum absolute atomic E-state index is 11.2. The first-order chi connectivity index (χ1) is 12.3. The fourth-order valence-electron chi connectivity index (χ4n) is 3.59. The Morgan fingerprint density at radius 3 is 2.42 bits per heavy atom. The lowest BCUT2D eigenvalue weighted by Gasteiger charge is -2.26. The minimum Gasteiger partial charge on any atom is -0.455 e. The van der Waals surface area contributed by atoms with E-state index in [1.165, 1.54) is 29.3 Å². The van der Waals surface area contributed by atoms with Gasteiger partial charge in [0, 0.05) is 42.5 Å². The van der Waals surface area contributed by atoms with Crippen molar-refractivity contribution >= 4 is 23.0 Å².